The minimum absolute atomic E-state index is 0.0457. The normalized spacial score (nSPS) is 11.0. The Bertz CT molecular complexity index is 1630. The van der Waals surface area contributed by atoms with Crippen LogP contribution in [0.3, 0.4) is 0 Å². The topological polar surface area (TPSA) is 93.7 Å². The number of hydrogen-bond acceptors (Lipinski definition) is 6. The van der Waals surface area contributed by atoms with Gasteiger partial charge in [0.15, 0.2) is 17.3 Å². The average Bonchev–Trinajstić information content (AvgIpc) is 3.01. The molecule has 0 spiro atoms. The Morgan fingerprint density at radius 3 is 2.31 bits per heavy atom. The first-order chi connectivity index (χ1) is 20.3. The van der Waals surface area contributed by atoms with Gasteiger partial charge < -0.3 is 20.1 Å². The fourth-order valence-corrected chi connectivity index (χ4v) is 4.91. The van der Waals surface area contributed by atoms with Gasteiger partial charge in [-0.25, -0.2) is 4.39 Å². The van der Waals surface area contributed by atoms with E-state index in [1.807, 2.05) is 0 Å². The molecule has 214 valence electrons. The lowest BCUT2D eigenvalue weighted by Gasteiger charge is -2.13. The number of halogens is 2. The Morgan fingerprint density at radius 2 is 1.60 bits per heavy atom. The second-order valence-electron chi connectivity index (χ2n) is 8.78. The molecule has 0 aromatic heterocycles. The van der Waals surface area contributed by atoms with Crippen molar-refractivity contribution < 1.29 is 28.2 Å². The van der Waals surface area contributed by atoms with Crippen LogP contribution < -0.4 is 20.1 Å². The van der Waals surface area contributed by atoms with Crippen LogP contribution in [0.15, 0.2) is 102 Å². The molecule has 0 unspecified atom stereocenters. The van der Waals surface area contributed by atoms with E-state index in [1.165, 1.54) is 50.3 Å². The van der Waals surface area contributed by atoms with Gasteiger partial charge in [0.1, 0.15) is 11.5 Å². The van der Waals surface area contributed by atoms with E-state index < -0.39 is 17.6 Å². The molecule has 10 heteroatoms. The SMILES string of the molecule is COc1ccc(C(=O)CSc2cccc(NC(=O)/C(=C/c3c(F)cccc3Cl)NC(=O)c3ccccc3)c2)cc1OC. The van der Waals surface area contributed by atoms with E-state index in [0.29, 0.717) is 28.3 Å². The minimum atomic E-state index is -0.692. The monoisotopic (exact) mass is 604 g/mol. The van der Waals surface area contributed by atoms with Crippen molar-refractivity contribution in [2.45, 2.75) is 4.90 Å². The van der Waals surface area contributed by atoms with Gasteiger partial charge in [-0.3, -0.25) is 14.4 Å². The molecule has 2 amide bonds. The molecule has 0 radical (unpaired) electrons. The van der Waals surface area contributed by atoms with Crippen LogP contribution in [0.1, 0.15) is 26.3 Å². The molecule has 2 N–H and O–H groups in total. The van der Waals surface area contributed by atoms with Gasteiger partial charge >= 0.3 is 0 Å². The summed E-state index contributed by atoms with van der Waals surface area (Å²) in [6.07, 6.45) is 1.19. The zero-order valence-electron chi connectivity index (χ0n) is 22.7. The lowest BCUT2D eigenvalue weighted by Crippen LogP contribution is -2.30. The fraction of sp³-hybridized carbons (Fsp3) is 0.0938. The molecule has 0 saturated carbocycles. The number of anilines is 1. The second-order valence-corrected chi connectivity index (χ2v) is 10.2. The highest BCUT2D eigenvalue weighted by atomic mass is 35.5. The number of carbonyl (C=O) groups excluding carboxylic acids is 3. The maximum atomic E-state index is 14.6. The predicted octanol–water partition coefficient (Wildman–Crippen LogP) is 6.88. The third-order valence-corrected chi connectivity index (χ3v) is 7.31. The largest absolute Gasteiger partial charge is 0.493 e. The van der Waals surface area contributed by atoms with Crippen molar-refractivity contribution in [2.24, 2.45) is 0 Å². The standard InChI is InChI=1S/C32H26ClFN2O5S/c1-40-29-15-14-21(16-30(29)41-2)28(37)19-42-23-11-6-10-22(17-23)35-32(39)27(18-24-25(33)12-7-13-26(24)34)36-31(38)20-8-4-3-5-9-20/h3-18H,19H2,1-2H3,(H,35,39)(H,36,38)/b27-18-. The van der Waals surface area contributed by atoms with Crippen LogP contribution in [-0.4, -0.2) is 37.6 Å². The van der Waals surface area contributed by atoms with Crippen molar-refractivity contribution in [2.75, 3.05) is 25.3 Å². The molecule has 42 heavy (non-hydrogen) atoms. The summed E-state index contributed by atoms with van der Waals surface area (Å²) in [5.74, 6) is -0.902. The van der Waals surface area contributed by atoms with E-state index in [4.69, 9.17) is 21.1 Å². The van der Waals surface area contributed by atoms with E-state index in [2.05, 4.69) is 10.6 Å². The molecule has 7 nitrogen and oxygen atoms in total. The molecule has 4 rings (SSSR count). The molecule has 0 aliphatic carbocycles. The van der Waals surface area contributed by atoms with Gasteiger partial charge in [-0.2, -0.15) is 0 Å². The summed E-state index contributed by atoms with van der Waals surface area (Å²) < 4.78 is 25.1. The molecule has 0 atom stereocenters. The highest BCUT2D eigenvalue weighted by molar-refractivity contribution is 8.00. The smallest absolute Gasteiger partial charge is 0.272 e. The van der Waals surface area contributed by atoms with Crippen molar-refractivity contribution in [1.29, 1.82) is 0 Å². The summed E-state index contributed by atoms with van der Waals surface area (Å²) in [4.78, 5) is 39.7. The summed E-state index contributed by atoms with van der Waals surface area (Å²) in [6, 6.07) is 24.3. The molecule has 0 heterocycles. The summed E-state index contributed by atoms with van der Waals surface area (Å²) in [7, 11) is 3.02. The molecule has 4 aromatic rings. The van der Waals surface area contributed by atoms with Crippen LogP contribution in [0, 0.1) is 5.82 Å². The van der Waals surface area contributed by atoms with Gasteiger partial charge in [0.05, 0.1) is 25.0 Å². The van der Waals surface area contributed by atoms with Gasteiger partial charge in [-0.1, -0.05) is 41.9 Å². The van der Waals surface area contributed by atoms with Crippen molar-refractivity contribution in [3.05, 3.63) is 124 Å². The number of rotatable bonds is 11. The van der Waals surface area contributed by atoms with E-state index >= 15 is 0 Å². The number of carbonyl (C=O) groups is 3. The molecular formula is C32H26ClFN2O5S. The van der Waals surface area contributed by atoms with Crippen LogP contribution in [0.4, 0.5) is 10.1 Å². The van der Waals surface area contributed by atoms with E-state index in [1.54, 1.807) is 72.8 Å². The molecule has 0 fully saturated rings. The zero-order valence-corrected chi connectivity index (χ0v) is 24.2. The molecular weight excluding hydrogens is 579 g/mol. The number of methoxy groups -OCH3 is 2. The number of ether oxygens (including phenoxy) is 2. The van der Waals surface area contributed by atoms with Gasteiger partial charge in [-0.15, -0.1) is 11.8 Å². The Morgan fingerprint density at radius 1 is 0.857 bits per heavy atom. The highest BCUT2D eigenvalue weighted by Crippen LogP contribution is 2.29. The number of nitrogens with one attached hydrogen (secondary N) is 2. The quantitative estimate of drug-likeness (QED) is 0.110. The van der Waals surface area contributed by atoms with Crippen LogP contribution in [0.25, 0.3) is 6.08 Å². The van der Waals surface area contributed by atoms with Crippen LogP contribution in [0.5, 0.6) is 11.5 Å². The third-order valence-electron chi connectivity index (χ3n) is 5.98. The van der Waals surface area contributed by atoms with Crippen LogP contribution in [-0.2, 0) is 4.79 Å². The highest BCUT2D eigenvalue weighted by Gasteiger charge is 2.18. The molecule has 0 aliphatic rings. The summed E-state index contributed by atoms with van der Waals surface area (Å²) in [5.41, 5.74) is 0.935. The Balaban J connectivity index is 1.51. The van der Waals surface area contributed by atoms with Crippen molar-refractivity contribution >= 4 is 52.7 Å². The molecule has 0 aliphatic heterocycles. The number of hydrogen-bond donors (Lipinski definition) is 2. The molecule has 4 aromatic carbocycles. The average molecular weight is 605 g/mol. The van der Waals surface area contributed by atoms with E-state index in [9.17, 15) is 18.8 Å². The number of Topliss-reactive ketones (excluding diaryl/α,β-unsaturated/α-hetero) is 1. The first kappa shape index (κ1) is 30.4. The van der Waals surface area contributed by atoms with Crippen molar-refractivity contribution in [1.82, 2.24) is 5.32 Å². The van der Waals surface area contributed by atoms with Gasteiger partial charge in [0, 0.05) is 27.3 Å². The zero-order chi connectivity index (χ0) is 30.1. The minimum Gasteiger partial charge on any atom is -0.493 e. The first-order valence-electron chi connectivity index (χ1n) is 12.6. The first-order valence-corrected chi connectivity index (χ1v) is 14.0. The number of thioether (sulfide) groups is 1. The third kappa shape index (κ3) is 7.78. The van der Waals surface area contributed by atoms with E-state index in [-0.39, 0.29) is 27.8 Å². The van der Waals surface area contributed by atoms with Crippen LogP contribution in [0.2, 0.25) is 5.02 Å². The second kappa shape index (κ2) is 14.3. The van der Waals surface area contributed by atoms with Gasteiger partial charge in [0.2, 0.25) is 0 Å². The Hall–Kier alpha value is -4.60. The maximum absolute atomic E-state index is 14.6. The molecule has 0 saturated heterocycles. The van der Waals surface area contributed by atoms with Gasteiger partial charge in [-0.05, 0) is 66.7 Å². The van der Waals surface area contributed by atoms with Gasteiger partial charge in [0.25, 0.3) is 11.8 Å². The van der Waals surface area contributed by atoms with Crippen molar-refractivity contribution in [3.63, 3.8) is 0 Å². The summed E-state index contributed by atoms with van der Waals surface area (Å²) in [6.45, 7) is 0. The number of ketones is 1. The Labute approximate surface area is 251 Å². The number of amides is 2. The lowest BCUT2D eigenvalue weighted by molar-refractivity contribution is -0.113. The lowest BCUT2D eigenvalue weighted by atomic mass is 10.1. The van der Waals surface area contributed by atoms with Crippen LogP contribution >= 0.6 is 23.4 Å². The predicted molar refractivity (Wildman–Crippen MR) is 163 cm³/mol. The fourth-order valence-electron chi connectivity index (χ4n) is 3.84. The summed E-state index contributed by atoms with van der Waals surface area (Å²) >= 11 is 7.46. The van der Waals surface area contributed by atoms with Crippen molar-refractivity contribution in [3.8, 4) is 11.5 Å². The van der Waals surface area contributed by atoms with E-state index in [0.717, 1.165) is 4.90 Å². The molecule has 0 bridgehead atoms. The summed E-state index contributed by atoms with van der Waals surface area (Å²) in [5, 5.41) is 5.37. The maximum Gasteiger partial charge on any atom is 0.272 e. The Kier molecular flexibility index (Phi) is 10.4. The number of benzene rings is 4.